The number of amides is 1. The van der Waals surface area contributed by atoms with E-state index in [1.165, 1.54) is 11.8 Å². The number of carbonyl (C=O) groups is 1. The summed E-state index contributed by atoms with van der Waals surface area (Å²) in [5, 5.41) is 0. The third-order valence-corrected chi connectivity index (χ3v) is 5.37. The van der Waals surface area contributed by atoms with Gasteiger partial charge in [0.05, 0.1) is 10.6 Å². The summed E-state index contributed by atoms with van der Waals surface area (Å²) in [6.45, 7) is 8.02. The van der Waals surface area contributed by atoms with Crippen LogP contribution in [0.2, 0.25) is 0 Å². The first-order chi connectivity index (χ1) is 12.0. The highest BCUT2D eigenvalue weighted by Gasteiger charge is 2.33. The van der Waals surface area contributed by atoms with Gasteiger partial charge >= 0.3 is 0 Å². The van der Waals surface area contributed by atoms with Crippen molar-refractivity contribution in [3.63, 3.8) is 0 Å². The van der Waals surface area contributed by atoms with E-state index in [0.717, 1.165) is 30.2 Å². The lowest BCUT2D eigenvalue weighted by Gasteiger charge is -2.22. The molecule has 2 aromatic rings. The zero-order valence-corrected chi connectivity index (χ0v) is 16.1. The fraction of sp³-hybridized carbons (Fsp3) is 0.263. The van der Waals surface area contributed by atoms with Crippen LogP contribution in [0.1, 0.15) is 25.4 Å². The van der Waals surface area contributed by atoms with Gasteiger partial charge < -0.3 is 9.32 Å². The quantitative estimate of drug-likeness (QED) is 0.554. The summed E-state index contributed by atoms with van der Waals surface area (Å²) >= 11 is 6.71. The Morgan fingerprint density at radius 2 is 1.84 bits per heavy atom. The molecule has 2 heterocycles. The molecule has 0 unspecified atom stereocenters. The Hall–Kier alpha value is -2.05. The van der Waals surface area contributed by atoms with E-state index in [1.807, 2.05) is 43.3 Å². The first-order valence-corrected chi connectivity index (χ1v) is 9.45. The van der Waals surface area contributed by atoms with Crippen LogP contribution in [0.25, 0.3) is 6.08 Å². The number of aryl methyl sites for hydroxylation is 1. The average Bonchev–Trinajstić information content (AvgIpc) is 3.13. The summed E-state index contributed by atoms with van der Waals surface area (Å²) in [6.07, 6.45) is 1.75. The first kappa shape index (κ1) is 17.8. The van der Waals surface area contributed by atoms with Crippen LogP contribution in [0.3, 0.4) is 0 Å². The normalized spacial score (nSPS) is 16.1. The number of thioether (sulfide) groups is 1. The van der Waals surface area contributed by atoms with E-state index in [-0.39, 0.29) is 5.91 Å². The summed E-state index contributed by atoms with van der Waals surface area (Å²) in [6, 6.07) is 11.7. The molecule has 1 aromatic heterocycles. The predicted molar refractivity (Wildman–Crippen MR) is 109 cm³/mol. The summed E-state index contributed by atoms with van der Waals surface area (Å²) in [7, 11) is 0. The molecule has 25 heavy (non-hydrogen) atoms. The fourth-order valence-electron chi connectivity index (χ4n) is 2.75. The SMILES string of the molecule is CCN(CC)c1ccc(N2C(=O)/C(=C\c3ccc(C)o3)SC2=S)cc1. The Morgan fingerprint density at radius 1 is 1.16 bits per heavy atom. The lowest BCUT2D eigenvalue weighted by Crippen LogP contribution is -2.27. The summed E-state index contributed by atoms with van der Waals surface area (Å²) in [5.41, 5.74) is 1.93. The second-order valence-corrected chi connectivity index (χ2v) is 7.33. The number of hydrogen-bond donors (Lipinski definition) is 0. The fourth-order valence-corrected chi connectivity index (χ4v) is 4.03. The second-order valence-electron chi connectivity index (χ2n) is 5.65. The smallest absolute Gasteiger partial charge is 0.270 e. The van der Waals surface area contributed by atoms with Crippen molar-refractivity contribution in [1.29, 1.82) is 0 Å². The maximum absolute atomic E-state index is 12.8. The number of nitrogens with zero attached hydrogens (tertiary/aromatic N) is 2. The van der Waals surface area contributed by atoms with Crippen LogP contribution in [-0.4, -0.2) is 23.3 Å². The molecule has 0 atom stereocenters. The maximum Gasteiger partial charge on any atom is 0.270 e. The van der Waals surface area contributed by atoms with Gasteiger partial charge in [0.15, 0.2) is 4.32 Å². The molecule has 130 valence electrons. The Kier molecular flexibility index (Phi) is 5.30. The van der Waals surface area contributed by atoms with Crippen molar-refractivity contribution in [2.24, 2.45) is 0 Å². The molecule has 6 heteroatoms. The molecular formula is C19H20N2O2S2. The van der Waals surface area contributed by atoms with Gasteiger partial charge in [0.2, 0.25) is 0 Å². The van der Waals surface area contributed by atoms with Gasteiger partial charge in [-0.15, -0.1) is 0 Å². The van der Waals surface area contributed by atoms with Crippen LogP contribution in [0.4, 0.5) is 11.4 Å². The molecule has 1 aliphatic heterocycles. The number of hydrogen-bond acceptors (Lipinski definition) is 5. The molecule has 4 nitrogen and oxygen atoms in total. The van der Waals surface area contributed by atoms with Crippen LogP contribution in [0.15, 0.2) is 45.7 Å². The van der Waals surface area contributed by atoms with Crippen LogP contribution in [-0.2, 0) is 4.79 Å². The summed E-state index contributed by atoms with van der Waals surface area (Å²) in [5.74, 6) is 1.36. The van der Waals surface area contributed by atoms with Crippen molar-refractivity contribution in [3.8, 4) is 0 Å². The number of benzene rings is 1. The predicted octanol–water partition coefficient (Wildman–Crippen LogP) is 4.84. The van der Waals surface area contributed by atoms with E-state index >= 15 is 0 Å². The zero-order valence-electron chi connectivity index (χ0n) is 14.5. The molecule has 0 spiro atoms. The van der Waals surface area contributed by atoms with E-state index in [9.17, 15) is 4.79 Å². The van der Waals surface area contributed by atoms with Gasteiger partial charge in [-0.3, -0.25) is 9.69 Å². The third kappa shape index (κ3) is 3.65. The van der Waals surface area contributed by atoms with E-state index in [0.29, 0.717) is 15.0 Å². The molecule has 0 aliphatic carbocycles. The Bertz CT molecular complexity index is 820. The minimum absolute atomic E-state index is 0.111. The Labute approximate surface area is 157 Å². The van der Waals surface area contributed by atoms with Crippen LogP contribution in [0, 0.1) is 6.92 Å². The topological polar surface area (TPSA) is 36.7 Å². The molecule has 1 amide bonds. The monoisotopic (exact) mass is 372 g/mol. The molecule has 1 fully saturated rings. The highest BCUT2D eigenvalue weighted by atomic mass is 32.2. The molecule has 3 rings (SSSR count). The molecule has 0 N–H and O–H groups in total. The van der Waals surface area contributed by atoms with Gasteiger partial charge in [-0.05, 0) is 57.2 Å². The number of thiocarbonyl (C=S) groups is 1. The van der Waals surface area contributed by atoms with Gasteiger partial charge in [-0.1, -0.05) is 24.0 Å². The number of rotatable bonds is 5. The first-order valence-electron chi connectivity index (χ1n) is 8.23. The van der Waals surface area contributed by atoms with Crippen LogP contribution >= 0.6 is 24.0 Å². The van der Waals surface area contributed by atoms with Crippen molar-refractivity contribution in [3.05, 3.63) is 52.8 Å². The summed E-state index contributed by atoms with van der Waals surface area (Å²) < 4.78 is 6.06. The molecule has 0 bridgehead atoms. The van der Waals surface area contributed by atoms with Crippen LogP contribution < -0.4 is 9.80 Å². The van der Waals surface area contributed by atoms with Crippen LogP contribution in [0.5, 0.6) is 0 Å². The molecular weight excluding hydrogens is 352 g/mol. The lowest BCUT2D eigenvalue weighted by molar-refractivity contribution is -0.113. The minimum atomic E-state index is -0.111. The minimum Gasteiger partial charge on any atom is -0.462 e. The number of carbonyl (C=O) groups excluding carboxylic acids is 1. The lowest BCUT2D eigenvalue weighted by atomic mass is 10.2. The van der Waals surface area contributed by atoms with Gasteiger partial charge in [0.25, 0.3) is 5.91 Å². The van der Waals surface area contributed by atoms with Gasteiger partial charge in [0, 0.05) is 24.9 Å². The molecule has 1 aliphatic rings. The maximum atomic E-state index is 12.8. The van der Waals surface area contributed by atoms with Crippen molar-refractivity contribution >= 4 is 51.7 Å². The Balaban J connectivity index is 1.84. The number of furan rings is 1. The highest BCUT2D eigenvalue weighted by molar-refractivity contribution is 8.27. The molecule has 1 aromatic carbocycles. The van der Waals surface area contributed by atoms with E-state index in [2.05, 4.69) is 18.7 Å². The van der Waals surface area contributed by atoms with Crippen molar-refractivity contribution in [2.45, 2.75) is 20.8 Å². The van der Waals surface area contributed by atoms with Gasteiger partial charge in [-0.2, -0.15) is 0 Å². The largest absolute Gasteiger partial charge is 0.462 e. The second kappa shape index (κ2) is 7.45. The summed E-state index contributed by atoms with van der Waals surface area (Å²) in [4.78, 5) is 17.2. The highest BCUT2D eigenvalue weighted by Crippen LogP contribution is 2.36. The average molecular weight is 373 g/mol. The van der Waals surface area contributed by atoms with Crippen molar-refractivity contribution in [2.75, 3.05) is 22.9 Å². The molecule has 0 radical (unpaired) electrons. The standard InChI is InChI=1S/C19H20N2O2S2/c1-4-20(5-2)14-7-9-15(10-8-14)21-18(22)17(25-19(21)24)12-16-11-6-13(3)23-16/h6-12H,4-5H2,1-3H3/b17-12+. The molecule has 1 saturated heterocycles. The number of anilines is 2. The van der Waals surface area contributed by atoms with Crippen molar-refractivity contribution in [1.82, 2.24) is 0 Å². The van der Waals surface area contributed by atoms with E-state index < -0.39 is 0 Å². The van der Waals surface area contributed by atoms with Crippen molar-refractivity contribution < 1.29 is 9.21 Å². The Morgan fingerprint density at radius 3 is 2.40 bits per heavy atom. The van der Waals surface area contributed by atoms with E-state index in [1.54, 1.807) is 11.0 Å². The van der Waals surface area contributed by atoms with E-state index in [4.69, 9.17) is 16.6 Å². The zero-order chi connectivity index (χ0) is 18.0. The van der Waals surface area contributed by atoms with Gasteiger partial charge in [0.1, 0.15) is 11.5 Å². The molecule has 0 saturated carbocycles. The third-order valence-electron chi connectivity index (χ3n) is 4.06. The van der Waals surface area contributed by atoms with Gasteiger partial charge in [-0.25, -0.2) is 0 Å².